The predicted octanol–water partition coefficient (Wildman–Crippen LogP) is 3.90. The van der Waals surface area contributed by atoms with Crippen LogP contribution in [0.25, 0.3) is 32.3 Å². The van der Waals surface area contributed by atoms with E-state index in [4.69, 9.17) is 5.73 Å². The smallest absolute Gasteiger partial charge is 0.0662 e. The van der Waals surface area contributed by atoms with Crippen LogP contribution in [0.1, 0.15) is 5.56 Å². The minimum Gasteiger partial charge on any atom is -0.319 e. The average molecular weight is 298 g/mol. The molecule has 3 N–H and O–H groups in total. The molecule has 1 saturated heterocycles. The first-order valence-electron chi connectivity index (χ1n) is 8.10. The average Bonchev–Trinajstić information content (AvgIpc) is 2.59. The van der Waals surface area contributed by atoms with E-state index >= 15 is 0 Å². The first-order chi connectivity index (χ1) is 11.3. The second-order valence-corrected chi connectivity index (χ2v) is 6.61. The van der Waals surface area contributed by atoms with Crippen molar-refractivity contribution in [2.45, 2.75) is 5.54 Å². The van der Waals surface area contributed by atoms with Gasteiger partial charge in [-0.05, 0) is 43.9 Å². The fourth-order valence-corrected chi connectivity index (χ4v) is 3.82. The third kappa shape index (κ3) is 1.76. The van der Waals surface area contributed by atoms with E-state index in [0.29, 0.717) is 0 Å². The van der Waals surface area contributed by atoms with Crippen LogP contribution in [0.5, 0.6) is 0 Å². The van der Waals surface area contributed by atoms with Crippen molar-refractivity contribution < 1.29 is 0 Å². The van der Waals surface area contributed by atoms with Crippen molar-refractivity contribution in [1.82, 2.24) is 5.32 Å². The van der Waals surface area contributed by atoms with E-state index in [1.54, 1.807) is 0 Å². The summed E-state index contributed by atoms with van der Waals surface area (Å²) in [6.45, 7) is 1.70. The van der Waals surface area contributed by atoms with Gasteiger partial charge in [0, 0.05) is 13.1 Å². The van der Waals surface area contributed by atoms with Crippen molar-refractivity contribution in [2.75, 3.05) is 13.1 Å². The van der Waals surface area contributed by atoms with Crippen molar-refractivity contribution >= 4 is 32.3 Å². The molecule has 2 nitrogen and oxygen atoms in total. The minimum atomic E-state index is -0.221. The molecule has 4 aromatic carbocycles. The standard InChI is InChI=1S/C21H18N2/c22-21(12-23-13-21)14-9-10-19-17-7-2-1-5-15(17)16-6-3-4-8-18(16)20(19)11-14/h1-11,23H,12-13,22H2. The number of nitrogens with two attached hydrogens (primary N) is 1. The van der Waals surface area contributed by atoms with Crippen molar-refractivity contribution in [1.29, 1.82) is 0 Å². The maximum atomic E-state index is 6.51. The van der Waals surface area contributed by atoms with Crippen molar-refractivity contribution in [3.8, 4) is 0 Å². The van der Waals surface area contributed by atoms with Gasteiger partial charge in [0.2, 0.25) is 0 Å². The lowest BCUT2D eigenvalue weighted by atomic mass is 9.83. The fourth-order valence-electron chi connectivity index (χ4n) is 3.82. The van der Waals surface area contributed by atoms with Crippen LogP contribution in [-0.4, -0.2) is 13.1 Å². The van der Waals surface area contributed by atoms with Gasteiger partial charge < -0.3 is 11.1 Å². The molecule has 0 bridgehead atoms. The summed E-state index contributed by atoms with van der Waals surface area (Å²) in [5, 5.41) is 11.1. The van der Waals surface area contributed by atoms with E-state index < -0.39 is 0 Å². The molecule has 0 atom stereocenters. The monoisotopic (exact) mass is 298 g/mol. The summed E-state index contributed by atoms with van der Waals surface area (Å²) >= 11 is 0. The molecule has 1 aliphatic heterocycles. The molecule has 112 valence electrons. The van der Waals surface area contributed by atoms with E-state index in [0.717, 1.165) is 13.1 Å². The summed E-state index contributed by atoms with van der Waals surface area (Å²) in [4.78, 5) is 0. The highest BCUT2D eigenvalue weighted by Crippen LogP contribution is 2.36. The van der Waals surface area contributed by atoms with Crippen LogP contribution in [0.3, 0.4) is 0 Å². The number of benzene rings is 4. The second-order valence-electron chi connectivity index (χ2n) is 6.61. The fraction of sp³-hybridized carbons (Fsp3) is 0.143. The zero-order valence-corrected chi connectivity index (χ0v) is 12.8. The van der Waals surface area contributed by atoms with E-state index in [-0.39, 0.29) is 5.54 Å². The van der Waals surface area contributed by atoms with Crippen LogP contribution in [-0.2, 0) is 5.54 Å². The number of rotatable bonds is 1. The maximum Gasteiger partial charge on any atom is 0.0662 e. The molecule has 2 heteroatoms. The highest BCUT2D eigenvalue weighted by Gasteiger charge is 2.34. The van der Waals surface area contributed by atoms with Crippen LogP contribution in [0, 0.1) is 0 Å². The van der Waals surface area contributed by atoms with Crippen LogP contribution >= 0.6 is 0 Å². The molecular formula is C21H18N2. The predicted molar refractivity (Wildman–Crippen MR) is 97.7 cm³/mol. The third-order valence-electron chi connectivity index (χ3n) is 5.20. The van der Waals surface area contributed by atoms with Gasteiger partial charge in [-0.25, -0.2) is 0 Å². The molecule has 1 fully saturated rings. The van der Waals surface area contributed by atoms with Gasteiger partial charge in [-0.1, -0.05) is 60.7 Å². The summed E-state index contributed by atoms with van der Waals surface area (Å²) in [6.07, 6.45) is 0. The Morgan fingerprint density at radius 2 is 1.13 bits per heavy atom. The van der Waals surface area contributed by atoms with Gasteiger partial charge in [0.25, 0.3) is 0 Å². The quantitative estimate of drug-likeness (QED) is 0.523. The number of hydrogen-bond acceptors (Lipinski definition) is 2. The summed E-state index contributed by atoms with van der Waals surface area (Å²) in [5.41, 5.74) is 7.51. The van der Waals surface area contributed by atoms with E-state index in [9.17, 15) is 0 Å². The van der Waals surface area contributed by atoms with Crippen molar-refractivity contribution in [3.63, 3.8) is 0 Å². The van der Waals surface area contributed by atoms with Crippen LogP contribution in [0.4, 0.5) is 0 Å². The largest absolute Gasteiger partial charge is 0.319 e. The molecule has 0 radical (unpaired) electrons. The van der Waals surface area contributed by atoms with Crippen LogP contribution < -0.4 is 11.1 Å². The Morgan fingerprint density at radius 1 is 0.652 bits per heavy atom. The topological polar surface area (TPSA) is 38.0 Å². The Morgan fingerprint density at radius 3 is 1.61 bits per heavy atom. The molecule has 1 aliphatic rings. The molecule has 0 amide bonds. The SMILES string of the molecule is NC1(c2ccc3c4ccccc4c4ccccc4c3c2)CNC1. The summed E-state index contributed by atoms with van der Waals surface area (Å²) in [5.74, 6) is 0. The first-order valence-corrected chi connectivity index (χ1v) is 8.10. The van der Waals surface area contributed by atoms with Gasteiger partial charge in [-0.2, -0.15) is 0 Å². The molecule has 5 rings (SSSR count). The number of nitrogens with one attached hydrogen (secondary N) is 1. The van der Waals surface area contributed by atoms with Crippen LogP contribution in [0.2, 0.25) is 0 Å². The van der Waals surface area contributed by atoms with E-state index in [1.165, 1.54) is 37.9 Å². The molecule has 4 aromatic rings. The molecule has 0 aliphatic carbocycles. The van der Waals surface area contributed by atoms with Crippen LogP contribution in [0.15, 0.2) is 66.7 Å². The summed E-state index contributed by atoms with van der Waals surface area (Å²) < 4.78 is 0. The molecule has 23 heavy (non-hydrogen) atoms. The second kappa shape index (κ2) is 4.54. The van der Waals surface area contributed by atoms with Crippen molar-refractivity contribution in [2.24, 2.45) is 5.73 Å². The molecule has 0 aromatic heterocycles. The number of fused-ring (bicyclic) bond motifs is 6. The molecule has 0 spiro atoms. The van der Waals surface area contributed by atoms with Gasteiger partial charge in [0.1, 0.15) is 0 Å². The lowest BCUT2D eigenvalue weighted by molar-refractivity contribution is 0.287. The first kappa shape index (κ1) is 13.1. The summed E-state index contributed by atoms with van der Waals surface area (Å²) in [6, 6.07) is 24.1. The van der Waals surface area contributed by atoms with Gasteiger partial charge in [0.15, 0.2) is 0 Å². The third-order valence-corrected chi connectivity index (χ3v) is 5.20. The highest BCUT2D eigenvalue weighted by atomic mass is 15.1. The maximum absolute atomic E-state index is 6.51. The molecule has 1 heterocycles. The molecular weight excluding hydrogens is 280 g/mol. The molecule has 0 unspecified atom stereocenters. The summed E-state index contributed by atoms with van der Waals surface area (Å²) in [7, 11) is 0. The normalized spacial score (nSPS) is 16.7. The zero-order valence-electron chi connectivity index (χ0n) is 12.8. The lowest BCUT2D eigenvalue weighted by Crippen LogP contribution is -2.62. The van der Waals surface area contributed by atoms with Crippen molar-refractivity contribution in [3.05, 3.63) is 72.3 Å². The Kier molecular flexibility index (Phi) is 2.58. The Labute approximate surface area is 134 Å². The van der Waals surface area contributed by atoms with Gasteiger partial charge >= 0.3 is 0 Å². The Balaban J connectivity index is 1.96. The van der Waals surface area contributed by atoms with E-state index in [2.05, 4.69) is 72.0 Å². The Bertz CT molecular complexity index is 1030. The Hall–Kier alpha value is -2.42. The highest BCUT2D eigenvalue weighted by molar-refractivity contribution is 6.25. The van der Waals surface area contributed by atoms with Gasteiger partial charge in [0.05, 0.1) is 5.54 Å². The molecule has 0 saturated carbocycles. The lowest BCUT2D eigenvalue weighted by Gasteiger charge is -2.39. The zero-order chi connectivity index (χ0) is 15.4. The minimum absolute atomic E-state index is 0.221. The van der Waals surface area contributed by atoms with E-state index in [1.807, 2.05) is 0 Å². The van der Waals surface area contributed by atoms with Gasteiger partial charge in [-0.3, -0.25) is 0 Å². The number of hydrogen-bond donors (Lipinski definition) is 2. The van der Waals surface area contributed by atoms with Gasteiger partial charge in [-0.15, -0.1) is 0 Å².